The Bertz CT molecular complexity index is 1220. The number of likely N-dealkylation sites (tertiary alicyclic amines) is 1. The van der Waals surface area contributed by atoms with Crippen molar-refractivity contribution in [2.75, 3.05) is 13.7 Å². The molecular weight excluding hydrogens is 462 g/mol. The van der Waals surface area contributed by atoms with Crippen LogP contribution in [-0.2, 0) is 22.7 Å². The minimum atomic E-state index is -0.396. The number of thiophene rings is 1. The van der Waals surface area contributed by atoms with E-state index in [1.54, 1.807) is 37.5 Å². The number of amides is 3. The van der Waals surface area contributed by atoms with Gasteiger partial charge in [-0.3, -0.25) is 14.4 Å². The Morgan fingerprint density at radius 3 is 2.49 bits per heavy atom. The lowest BCUT2D eigenvalue weighted by molar-refractivity contribution is -0.128. The largest absolute Gasteiger partial charge is 0.497 e. The number of hydrogen-bond donors (Lipinski definition) is 2. The van der Waals surface area contributed by atoms with Crippen molar-refractivity contribution < 1.29 is 19.1 Å². The highest BCUT2D eigenvalue weighted by molar-refractivity contribution is 7.10. The van der Waals surface area contributed by atoms with Gasteiger partial charge in [-0.1, -0.05) is 30.3 Å². The van der Waals surface area contributed by atoms with Crippen LogP contribution in [0.15, 0.2) is 71.7 Å². The van der Waals surface area contributed by atoms with Crippen molar-refractivity contribution in [2.45, 2.75) is 25.9 Å². The van der Waals surface area contributed by atoms with Crippen molar-refractivity contribution in [2.24, 2.45) is 0 Å². The maximum Gasteiger partial charge on any atom is 0.268 e. The molecule has 1 aromatic heterocycles. The van der Waals surface area contributed by atoms with E-state index >= 15 is 0 Å². The molecule has 0 bridgehead atoms. The maximum atomic E-state index is 13.1. The van der Waals surface area contributed by atoms with E-state index in [0.717, 1.165) is 29.0 Å². The minimum Gasteiger partial charge on any atom is -0.497 e. The van der Waals surface area contributed by atoms with E-state index in [-0.39, 0.29) is 18.1 Å². The van der Waals surface area contributed by atoms with Gasteiger partial charge in [0, 0.05) is 36.5 Å². The van der Waals surface area contributed by atoms with Gasteiger partial charge in [0.1, 0.15) is 11.4 Å². The van der Waals surface area contributed by atoms with Gasteiger partial charge in [-0.15, -0.1) is 11.3 Å². The van der Waals surface area contributed by atoms with Gasteiger partial charge in [-0.25, -0.2) is 0 Å². The number of methoxy groups -OCH3 is 1. The molecule has 1 aliphatic rings. The van der Waals surface area contributed by atoms with Crippen molar-refractivity contribution >= 4 is 35.1 Å². The third kappa shape index (κ3) is 6.36. The fourth-order valence-corrected chi connectivity index (χ4v) is 4.50. The Kier molecular flexibility index (Phi) is 7.95. The average molecular weight is 490 g/mol. The minimum absolute atomic E-state index is 0.153. The number of nitrogens with one attached hydrogen (secondary N) is 2. The Balaban J connectivity index is 1.47. The first-order valence-electron chi connectivity index (χ1n) is 11.4. The highest BCUT2D eigenvalue weighted by atomic mass is 32.1. The van der Waals surface area contributed by atoms with Gasteiger partial charge in [-0.2, -0.15) is 0 Å². The van der Waals surface area contributed by atoms with Gasteiger partial charge in [0.05, 0.1) is 7.11 Å². The van der Waals surface area contributed by atoms with Crippen LogP contribution in [0, 0.1) is 0 Å². The van der Waals surface area contributed by atoms with Gasteiger partial charge in [0.2, 0.25) is 5.91 Å². The number of ether oxygens (including phenoxy) is 1. The molecule has 1 fully saturated rings. The standard InChI is InChI=1S/C27H27N3O4S/c1-34-22-12-10-19(11-13-22)26(32)29-24(16-23-8-5-15-35-23)27(33)28-17-20-6-2-3-7-21(20)18-30-14-4-9-25(30)31/h2-3,5-8,10-13,15-16H,4,9,14,17-18H2,1H3,(H,28,33)(H,29,32)/b24-16-. The first kappa shape index (κ1) is 24.2. The zero-order valence-corrected chi connectivity index (χ0v) is 20.3. The van der Waals surface area contributed by atoms with Crippen molar-refractivity contribution in [1.29, 1.82) is 0 Å². The molecule has 3 amide bonds. The second-order valence-corrected chi connectivity index (χ2v) is 9.11. The first-order valence-corrected chi connectivity index (χ1v) is 12.2. The number of nitrogens with zero attached hydrogens (tertiary/aromatic N) is 1. The Labute approximate surface area is 208 Å². The lowest BCUT2D eigenvalue weighted by Gasteiger charge is -2.18. The summed E-state index contributed by atoms with van der Waals surface area (Å²) < 4.78 is 5.14. The predicted molar refractivity (Wildman–Crippen MR) is 136 cm³/mol. The van der Waals surface area contributed by atoms with Gasteiger partial charge in [0.15, 0.2) is 0 Å². The van der Waals surface area contributed by atoms with Crippen LogP contribution >= 0.6 is 11.3 Å². The molecule has 0 aliphatic carbocycles. The van der Waals surface area contributed by atoms with Crippen LogP contribution in [0.3, 0.4) is 0 Å². The maximum absolute atomic E-state index is 13.1. The molecule has 0 atom stereocenters. The average Bonchev–Trinajstić information content (AvgIpc) is 3.54. The molecule has 8 heteroatoms. The summed E-state index contributed by atoms with van der Waals surface area (Å²) in [5.41, 5.74) is 2.49. The molecule has 1 aliphatic heterocycles. The fourth-order valence-electron chi connectivity index (χ4n) is 3.84. The van der Waals surface area contributed by atoms with Crippen LogP contribution in [0.4, 0.5) is 0 Å². The van der Waals surface area contributed by atoms with Crippen LogP contribution in [0.25, 0.3) is 6.08 Å². The van der Waals surface area contributed by atoms with Crippen LogP contribution in [0.5, 0.6) is 5.75 Å². The molecule has 35 heavy (non-hydrogen) atoms. The fraction of sp³-hybridized carbons (Fsp3) is 0.222. The van der Waals surface area contributed by atoms with E-state index in [2.05, 4.69) is 10.6 Å². The Morgan fingerprint density at radius 2 is 1.83 bits per heavy atom. The summed E-state index contributed by atoms with van der Waals surface area (Å²) in [6, 6.07) is 18.2. The lowest BCUT2D eigenvalue weighted by Crippen LogP contribution is -2.35. The normalized spacial score (nSPS) is 13.6. The zero-order valence-electron chi connectivity index (χ0n) is 19.5. The van der Waals surface area contributed by atoms with E-state index in [1.807, 2.05) is 46.7 Å². The summed E-state index contributed by atoms with van der Waals surface area (Å²) in [5, 5.41) is 7.57. The molecule has 0 unspecified atom stereocenters. The Morgan fingerprint density at radius 1 is 1.06 bits per heavy atom. The van der Waals surface area contributed by atoms with Crippen molar-refractivity contribution in [1.82, 2.24) is 15.5 Å². The molecule has 2 heterocycles. The molecule has 4 rings (SSSR count). The van der Waals surface area contributed by atoms with Crippen LogP contribution in [-0.4, -0.2) is 36.3 Å². The summed E-state index contributed by atoms with van der Waals surface area (Å²) >= 11 is 1.47. The van der Waals surface area contributed by atoms with Gasteiger partial charge >= 0.3 is 0 Å². The van der Waals surface area contributed by atoms with Gasteiger partial charge in [0.25, 0.3) is 11.8 Å². The van der Waals surface area contributed by atoms with E-state index in [9.17, 15) is 14.4 Å². The van der Waals surface area contributed by atoms with Crippen LogP contribution in [0.1, 0.15) is 39.2 Å². The number of carbonyl (C=O) groups excluding carboxylic acids is 3. The SMILES string of the molecule is COc1ccc(C(=O)N/C(=C\c2cccs2)C(=O)NCc2ccccc2CN2CCCC2=O)cc1. The molecule has 0 saturated carbocycles. The molecule has 0 radical (unpaired) electrons. The number of rotatable bonds is 9. The smallest absolute Gasteiger partial charge is 0.268 e. The van der Waals surface area contributed by atoms with Crippen molar-refractivity contribution in [3.05, 3.63) is 93.3 Å². The summed E-state index contributed by atoms with van der Waals surface area (Å²) in [5.74, 6) is 0.0139. The molecule has 7 nitrogen and oxygen atoms in total. The molecule has 180 valence electrons. The summed E-state index contributed by atoms with van der Waals surface area (Å²) in [4.78, 5) is 40.7. The van der Waals surface area contributed by atoms with E-state index in [4.69, 9.17) is 4.74 Å². The summed E-state index contributed by atoms with van der Waals surface area (Å²) in [7, 11) is 1.56. The van der Waals surface area contributed by atoms with E-state index in [1.165, 1.54) is 11.3 Å². The van der Waals surface area contributed by atoms with Gasteiger partial charge in [-0.05, 0) is 59.3 Å². The highest BCUT2D eigenvalue weighted by Crippen LogP contribution is 2.18. The molecule has 0 spiro atoms. The predicted octanol–water partition coefficient (Wildman–Crippen LogP) is 3.97. The topological polar surface area (TPSA) is 87.7 Å². The quantitative estimate of drug-likeness (QED) is 0.446. The van der Waals surface area contributed by atoms with Gasteiger partial charge < -0.3 is 20.3 Å². The lowest BCUT2D eigenvalue weighted by atomic mass is 10.1. The second kappa shape index (κ2) is 11.5. The monoisotopic (exact) mass is 489 g/mol. The Hall–Kier alpha value is -3.91. The molecule has 2 aromatic carbocycles. The summed E-state index contributed by atoms with van der Waals surface area (Å²) in [6.07, 6.45) is 3.13. The molecule has 1 saturated heterocycles. The first-order chi connectivity index (χ1) is 17.0. The third-order valence-electron chi connectivity index (χ3n) is 5.77. The molecule has 2 N–H and O–H groups in total. The van der Waals surface area contributed by atoms with Crippen molar-refractivity contribution in [3.8, 4) is 5.75 Å². The summed E-state index contributed by atoms with van der Waals surface area (Å²) in [6.45, 7) is 1.55. The third-order valence-corrected chi connectivity index (χ3v) is 6.58. The number of hydrogen-bond acceptors (Lipinski definition) is 5. The second-order valence-electron chi connectivity index (χ2n) is 8.13. The number of benzene rings is 2. The number of carbonyl (C=O) groups is 3. The van der Waals surface area contributed by atoms with Crippen LogP contribution < -0.4 is 15.4 Å². The zero-order chi connectivity index (χ0) is 24.6. The van der Waals surface area contributed by atoms with Crippen LogP contribution in [0.2, 0.25) is 0 Å². The molecule has 3 aromatic rings. The highest BCUT2D eigenvalue weighted by Gasteiger charge is 2.21. The van der Waals surface area contributed by atoms with E-state index in [0.29, 0.717) is 24.3 Å². The van der Waals surface area contributed by atoms with Crippen molar-refractivity contribution in [3.63, 3.8) is 0 Å². The molecular formula is C27H27N3O4S. The van der Waals surface area contributed by atoms with E-state index < -0.39 is 11.8 Å².